The summed E-state index contributed by atoms with van der Waals surface area (Å²) in [6.45, 7) is 3.20. The molecule has 0 amide bonds. The minimum absolute atomic E-state index is 0.546. The van der Waals surface area contributed by atoms with Crippen LogP contribution in [-0.4, -0.2) is 33.1 Å². The fourth-order valence-electron chi connectivity index (χ4n) is 2.95. The highest BCUT2D eigenvalue weighted by Crippen LogP contribution is 2.25. The Labute approximate surface area is 163 Å². The third-order valence-electron chi connectivity index (χ3n) is 4.37. The monoisotopic (exact) mass is 375 g/mol. The van der Waals surface area contributed by atoms with Gasteiger partial charge in [-0.15, -0.1) is 0 Å². The van der Waals surface area contributed by atoms with Crippen LogP contribution in [-0.2, 0) is 6.54 Å². The van der Waals surface area contributed by atoms with Crippen molar-refractivity contribution >= 4 is 11.3 Å². The number of fused-ring (bicyclic) bond motifs is 1. The van der Waals surface area contributed by atoms with E-state index in [0.717, 1.165) is 22.6 Å². The predicted octanol–water partition coefficient (Wildman–Crippen LogP) is 3.81. The van der Waals surface area contributed by atoms with Gasteiger partial charge >= 0.3 is 0 Å². The Balaban J connectivity index is 1.50. The molecule has 3 aromatic heterocycles. The van der Waals surface area contributed by atoms with Crippen molar-refractivity contribution in [2.45, 2.75) is 13.5 Å². The molecular formula is C21H21N5O2. The minimum atomic E-state index is 0.546. The van der Waals surface area contributed by atoms with Crippen molar-refractivity contribution in [2.24, 2.45) is 0 Å². The molecule has 0 spiro atoms. The topological polar surface area (TPSA) is 73.6 Å². The number of pyridine rings is 1. The van der Waals surface area contributed by atoms with E-state index in [0.29, 0.717) is 24.9 Å². The molecule has 7 nitrogen and oxygen atoms in total. The number of hydrogen-bond donors (Lipinski definition) is 1. The van der Waals surface area contributed by atoms with Gasteiger partial charge in [-0.3, -0.25) is 4.40 Å². The molecule has 4 rings (SSSR count). The van der Waals surface area contributed by atoms with Gasteiger partial charge in [-0.05, 0) is 18.6 Å². The lowest BCUT2D eigenvalue weighted by molar-refractivity contribution is 0.329. The predicted molar refractivity (Wildman–Crippen MR) is 108 cm³/mol. The normalized spacial score (nSPS) is 10.8. The van der Waals surface area contributed by atoms with Gasteiger partial charge in [0, 0.05) is 30.6 Å². The Hall–Kier alpha value is -3.61. The number of ether oxygens (including phenoxy) is 2. The lowest BCUT2D eigenvalue weighted by Crippen LogP contribution is -2.00. The van der Waals surface area contributed by atoms with Gasteiger partial charge in [-0.25, -0.2) is 15.0 Å². The van der Waals surface area contributed by atoms with Crippen molar-refractivity contribution in [3.63, 3.8) is 0 Å². The number of methoxy groups -OCH3 is 1. The number of imidazole rings is 1. The van der Waals surface area contributed by atoms with Crippen molar-refractivity contribution < 1.29 is 9.47 Å². The molecule has 0 atom stereocenters. The van der Waals surface area contributed by atoms with Gasteiger partial charge in [-0.2, -0.15) is 0 Å². The van der Waals surface area contributed by atoms with Crippen molar-refractivity contribution in [1.29, 1.82) is 0 Å². The first-order valence-corrected chi connectivity index (χ1v) is 9.06. The fourth-order valence-corrected chi connectivity index (χ4v) is 2.95. The first-order valence-electron chi connectivity index (χ1n) is 9.06. The highest BCUT2D eigenvalue weighted by molar-refractivity contribution is 5.66. The number of aromatic nitrogens is 4. The number of rotatable bonds is 7. The van der Waals surface area contributed by atoms with Crippen LogP contribution in [0.3, 0.4) is 0 Å². The lowest BCUT2D eigenvalue weighted by atomic mass is 10.1. The minimum Gasteiger partial charge on any atom is -0.481 e. The highest BCUT2D eigenvalue weighted by atomic mass is 16.5. The van der Waals surface area contributed by atoms with Crippen LogP contribution in [0.15, 0.2) is 61.2 Å². The van der Waals surface area contributed by atoms with E-state index in [1.807, 2.05) is 35.9 Å². The number of hydrogen-bond acceptors (Lipinski definition) is 6. The van der Waals surface area contributed by atoms with Crippen LogP contribution in [0.25, 0.3) is 16.9 Å². The molecule has 0 saturated heterocycles. The van der Waals surface area contributed by atoms with E-state index in [-0.39, 0.29) is 0 Å². The van der Waals surface area contributed by atoms with Crippen LogP contribution >= 0.6 is 0 Å². The molecule has 0 radical (unpaired) electrons. The third-order valence-corrected chi connectivity index (χ3v) is 4.37. The highest BCUT2D eigenvalue weighted by Gasteiger charge is 2.11. The molecule has 0 unspecified atom stereocenters. The van der Waals surface area contributed by atoms with Crippen molar-refractivity contribution in [3.05, 3.63) is 66.7 Å². The summed E-state index contributed by atoms with van der Waals surface area (Å²) in [7, 11) is 1.61. The number of nitrogens with zero attached hydrogens (tertiary/aromatic N) is 4. The molecule has 0 aliphatic heterocycles. The molecule has 1 aromatic carbocycles. The van der Waals surface area contributed by atoms with Gasteiger partial charge in [-0.1, -0.05) is 24.3 Å². The SMILES string of the molecule is CCOc1nccn2c(-c3ccc(CNc4ccc(OC)nc4)cc3)cnc12. The number of anilines is 1. The Bertz CT molecular complexity index is 1060. The summed E-state index contributed by atoms with van der Waals surface area (Å²) < 4.78 is 12.6. The quantitative estimate of drug-likeness (QED) is 0.529. The Morgan fingerprint density at radius 3 is 2.57 bits per heavy atom. The maximum atomic E-state index is 5.56. The van der Waals surface area contributed by atoms with E-state index in [1.165, 1.54) is 5.56 Å². The average Bonchev–Trinajstić information content (AvgIpc) is 3.18. The van der Waals surface area contributed by atoms with E-state index >= 15 is 0 Å². The second kappa shape index (κ2) is 7.96. The fraction of sp³-hybridized carbons (Fsp3) is 0.190. The molecule has 0 fully saturated rings. The molecule has 0 aliphatic rings. The average molecular weight is 375 g/mol. The van der Waals surface area contributed by atoms with Crippen LogP contribution in [0, 0.1) is 0 Å². The number of nitrogens with one attached hydrogen (secondary N) is 1. The van der Waals surface area contributed by atoms with E-state index in [9.17, 15) is 0 Å². The zero-order chi connectivity index (χ0) is 19.3. The van der Waals surface area contributed by atoms with Gasteiger partial charge in [0.1, 0.15) is 0 Å². The van der Waals surface area contributed by atoms with Crippen LogP contribution in [0.1, 0.15) is 12.5 Å². The molecule has 1 N–H and O–H groups in total. The van der Waals surface area contributed by atoms with E-state index in [2.05, 4.69) is 44.5 Å². The van der Waals surface area contributed by atoms with Crippen LogP contribution in [0.5, 0.6) is 11.8 Å². The molecule has 0 saturated carbocycles. The molecular weight excluding hydrogens is 354 g/mol. The van der Waals surface area contributed by atoms with Gasteiger partial charge in [0.25, 0.3) is 5.88 Å². The molecule has 4 aromatic rings. The Morgan fingerprint density at radius 2 is 1.86 bits per heavy atom. The summed E-state index contributed by atoms with van der Waals surface area (Å²) >= 11 is 0. The molecule has 3 heterocycles. The second-order valence-electron chi connectivity index (χ2n) is 6.14. The summed E-state index contributed by atoms with van der Waals surface area (Å²) in [5, 5.41) is 3.36. The first-order chi connectivity index (χ1) is 13.8. The zero-order valence-electron chi connectivity index (χ0n) is 15.8. The Morgan fingerprint density at radius 1 is 1.00 bits per heavy atom. The van der Waals surface area contributed by atoms with Crippen LogP contribution < -0.4 is 14.8 Å². The van der Waals surface area contributed by atoms with Gasteiger partial charge in [0.15, 0.2) is 0 Å². The second-order valence-corrected chi connectivity index (χ2v) is 6.14. The lowest BCUT2D eigenvalue weighted by Gasteiger charge is -2.08. The molecule has 0 bridgehead atoms. The standard InChI is InChI=1S/C21H21N5O2/c1-3-28-21-20-25-14-18(26(20)11-10-22-21)16-6-4-15(5-7-16)12-23-17-8-9-19(27-2)24-13-17/h4-11,13-14,23H,3,12H2,1-2H3. The summed E-state index contributed by atoms with van der Waals surface area (Å²) in [5.41, 5.74) is 4.91. The smallest absolute Gasteiger partial charge is 0.258 e. The van der Waals surface area contributed by atoms with E-state index in [1.54, 1.807) is 19.5 Å². The maximum Gasteiger partial charge on any atom is 0.258 e. The van der Waals surface area contributed by atoms with Crippen molar-refractivity contribution in [1.82, 2.24) is 19.4 Å². The summed E-state index contributed by atoms with van der Waals surface area (Å²) in [6.07, 6.45) is 7.22. The molecule has 142 valence electrons. The summed E-state index contributed by atoms with van der Waals surface area (Å²) in [6, 6.07) is 12.2. The van der Waals surface area contributed by atoms with E-state index < -0.39 is 0 Å². The van der Waals surface area contributed by atoms with E-state index in [4.69, 9.17) is 9.47 Å². The summed E-state index contributed by atoms with van der Waals surface area (Å²) in [4.78, 5) is 12.9. The van der Waals surface area contributed by atoms with Crippen LogP contribution in [0.4, 0.5) is 5.69 Å². The number of benzene rings is 1. The summed E-state index contributed by atoms with van der Waals surface area (Å²) in [5.74, 6) is 1.15. The Kier molecular flexibility index (Phi) is 5.05. The molecule has 7 heteroatoms. The maximum absolute atomic E-state index is 5.56. The third kappa shape index (κ3) is 3.59. The van der Waals surface area contributed by atoms with Crippen molar-refractivity contribution in [3.8, 4) is 23.0 Å². The first kappa shape index (κ1) is 17.8. The zero-order valence-corrected chi connectivity index (χ0v) is 15.8. The van der Waals surface area contributed by atoms with Gasteiger partial charge in [0.05, 0.1) is 37.5 Å². The van der Waals surface area contributed by atoms with Crippen molar-refractivity contribution in [2.75, 3.05) is 19.0 Å². The van der Waals surface area contributed by atoms with Crippen LogP contribution in [0.2, 0.25) is 0 Å². The molecule has 28 heavy (non-hydrogen) atoms. The van der Waals surface area contributed by atoms with Gasteiger partial charge < -0.3 is 14.8 Å². The van der Waals surface area contributed by atoms with Gasteiger partial charge in [0.2, 0.25) is 11.5 Å². The largest absolute Gasteiger partial charge is 0.481 e. The molecule has 0 aliphatic carbocycles.